The van der Waals surface area contributed by atoms with Crippen molar-refractivity contribution < 1.29 is 23.8 Å². The van der Waals surface area contributed by atoms with E-state index in [2.05, 4.69) is 4.98 Å². The van der Waals surface area contributed by atoms with E-state index in [0.29, 0.717) is 54.3 Å². The van der Waals surface area contributed by atoms with E-state index in [9.17, 15) is 9.59 Å². The maximum absolute atomic E-state index is 12.9. The second-order valence-corrected chi connectivity index (χ2v) is 7.12. The van der Waals surface area contributed by atoms with Gasteiger partial charge in [-0.1, -0.05) is 0 Å². The van der Waals surface area contributed by atoms with Crippen molar-refractivity contribution in [3.63, 3.8) is 0 Å². The molecule has 0 N–H and O–H groups in total. The molecule has 0 aliphatic carbocycles. The molecule has 0 unspecified atom stereocenters. The minimum Gasteiger partial charge on any atom is -0.496 e. The van der Waals surface area contributed by atoms with Crippen LogP contribution in [0.15, 0.2) is 36.7 Å². The van der Waals surface area contributed by atoms with Crippen molar-refractivity contribution in [3.8, 4) is 17.2 Å². The Hall–Kier alpha value is -3.09. The van der Waals surface area contributed by atoms with Crippen molar-refractivity contribution in [1.29, 1.82) is 0 Å². The Labute approximate surface area is 163 Å². The number of hydrogen-bond donors (Lipinski definition) is 0. The molecule has 2 aromatic rings. The summed E-state index contributed by atoms with van der Waals surface area (Å²) in [6, 6.07) is 6.92. The molecule has 1 aromatic carbocycles. The van der Waals surface area contributed by atoms with Crippen molar-refractivity contribution in [2.24, 2.45) is 0 Å². The van der Waals surface area contributed by atoms with Gasteiger partial charge in [-0.2, -0.15) is 0 Å². The van der Waals surface area contributed by atoms with Crippen LogP contribution in [-0.2, 0) is 0 Å². The van der Waals surface area contributed by atoms with Crippen LogP contribution in [0.1, 0.15) is 40.0 Å². The lowest BCUT2D eigenvalue weighted by Gasteiger charge is -2.44. The highest BCUT2D eigenvalue weighted by Gasteiger charge is 2.45. The molecule has 3 heterocycles. The van der Waals surface area contributed by atoms with Crippen LogP contribution < -0.4 is 14.2 Å². The van der Waals surface area contributed by atoms with Crippen molar-refractivity contribution in [2.45, 2.75) is 24.9 Å². The van der Waals surface area contributed by atoms with Crippen LogP contribution in [0, 0.1) is 0 Å². The van der Waals surface area contributed by atoms with E-state index < -0.39 is 5.60 Å². The number of rotatable bonds is 3. The average Bonchev–Trinajstić information content (AvgIpc) is 2.73. The first-order chi connectivity index (χ1) is 13.5. The number of piperidine rings is 1. The van der Waals surface area contributed by atoms with Gasteiger partial charge in [-0.3, -0.25) is 14.6 Å². The van der Waals surface area contributed by atoms with Crippen molar-refractivity contribution in [3.05, 3.63) is 47.8 Å². The minimum absolute atomic E-state index is 0.00668. The van der Waals surface area contributed by atoms with Crippen LogP contribution in [0.5, 0.6) is 17.2 Å². The van der Waals surface area contributed by atoms with Crippen LogP contribution in [0.4, 0.5) is 0 Å². The fraction of sp³-hybridized carbons (Fsp3) is 0.381. The fourth-order valence-electron chi connectivity index (χ4n) is 3.92. The lowest BCUT2D eigenvalue weighted by Crippen LogP contribution is -2.52. The molecule has 28 heavy (non-hydrogen) atoms. The summed E-state index contributed by atoms with van der Waals surface area (Å²) in [6.45, 7) is 1.05. The highest BCUT2D eigenvalue weighted by atomic mass is 16.5. The molecular weight excluding hydrogens is 360 g/mol. The minimum atomic E-state index is -0.604. The van der Waals surface area contributed by atoms with E-state index in [1.165, 1.54) is 7.11 Å². The number of carbonyl (C=O) groups is 2. The molecule has 7 heteroatoms. The van der Waals surface area contributed by atoms with Gasteiger partial charge >= 0.3 is 0 Å². The summed E-state index contributed by atoms with van der Waals surface area (Å²) in [5.74, 6) is 1.46. The van der Waals surface area contributed by atoms with E-state index in [4.69, 9.17) is 14.2 Å². The molecule has 1 saturated heterocycles. The summed E-state index contributed by atoms with van der Waals surface area (Å²) >= 11 is 0. The molecule has 0 radical (unpaired) electrons. The van der Waals surface area contributed by atoms with Crippen LogP contribution in [0.3, 0.4) is 0 Å². The predicted octanol–water partition coefficient (Wildman–Crippen LogP) is 2.74. The van der Waals surface area contributed by atoms with E-state index in [0.717, 1.165) is 0 Å². The lowest BCUT2D eigenvalue weighted by molar-refractivity contribution is -0.00611. The second kappa shape index (κ2) is 7.14. The van der Waals surface area contributed by atoms with Crippen molar-refractivity contribution >= 4 is 11.7 Å². The summed E-state index contributed by atoms with van der Waals surface area (Å²) in [4.78, 5) is 31.3. The Kier molecular flexibility index (Phi) is 4.66. The smallest absolute Gasteiger partial charge is 0.255 e. The number of Topliss-reactive ketones (excluding diaryl/α,β-unsaturated/α-hetero) is 1. The average molecular weight is 382 g/mol. The molecule has 2 aliphatic heterocycles. The number of benzene rings is 1. The number of nitrogens with zero attached hydrogens (tertiary/aromatic N) is 2. The number of carbonyl (C=O) groups excluding carboxylic acids is 2. The van der Waals surface area contributed by atoms with Gasteiger partial charge in [0.05, 0.1) is 26.2 Å². The van der Waals surface area contributed by atoms with Gasteiger partial charge in [-0.25, -0.2) is 0 Å². The number of ether oxygens (including phenoxy) is 3. The van der Waals surface area contributed by atoms with E-state index in [-0.39, 0.29) is 18.1 Å². The SMILES string of the molecule is COc1cc(OC)c2c(c1)OC1(CCN(C(=O)c3cccnc3)CC1)CC2=O. The monoisotopic (exact) mass is 382 g/mol. The number of hydrogen-bond acceptors (Lipinski definition) is 6. The summed E-state index contributed by atoms with van der Waals surface area (Å²) in [6.07, 6.45) is 4.66. The summed E-state index contributed by atoms with van der Waals surface area (Å²) in [5, 5.41) is 0. The predicted molar refractivity (Wildman–Crippen MR) is 101 cm³/mol. The van der Waals surface area contributed by atoms with Gasteiger partial charge in [-0.15, -0.1) is 0 Å². The molecule has 7 nitrogen and oxygen atoms in total. The van der Waals surface area contributed by atoms with Crippen molar-refractivity contribution in [1.82, 2.24) is 9.88 Å². The van der Waals surface area contributed by atoms with Crippen LogP contribution in [0.25, 0.3) is 0 Å². The third-order valence-electron chi connectivity index (χ3n) is 5.45. The molecule has 2 aliphatic rings. The zero-order chi connectivity index (χ0) is 19.7. The largest absolute Gasteiger partial charge is 0.496 e. The molecule has 4 rings (SSSR count). The number of pyridine rings is 1. The van der Waals surface area contributed by atoms with Crippen molar-refractivity contribution in [2.75, 3.05) is 27.3 Å². The first-order valence-corrected chi connectivity index (χ1v) is 9.23. The van der Waals surface area contributed by atoms with E-state index >= 15 is 0 Å². The number of likely N-dealkylation sites (tertiary alicyclic amines) is 1. The Morgan fingerprint density at radius 3 is 2.64 bits per heavy atom. The molecule has 1 spiro atoms. The van der Waals surface area contributed by atoms with E-state index in [1.807, 2.05) is 0 Å². The zero-order valence-electron chi connectivity index (χ0n) is 15.9. The third-order valence-corrected chi connectivity index (χ3v) is 5.45. The number of amides is 1. The second-order valence-electron chi connectivity index (χ2n) is 7.12. The number of methoxy groups -OCH3 is 2. The molecule has 0 bridgehead atoms. The fourth-order valence-corrected chi connectivity index (χ4v) is 3.92. The number of ketones is 1. The quantitative estimate of drug-likeness (QED) is 0.812. The zero-order valence-corrected chi connectivity index (χ0v) is 15.9. The Morgan fingerprint density at radius 2 is 2.00 bits per heavy atom. The van der Waals surface area contributed by atoms with Gasteiger partial charge in [0.1, 0.15) is 28.4 Å². The summed E-state index contributed by atoms with van der Waals surface area (Å²) in [7, 11) is 3.08. The molecule has 146 valence electrons. The van der Waals surface area contributed by atoms with Gasteiger partial charge in [0.15, 0.2) is 5.78 Å². The lowest BCUT2D eigenvalue weighted by atomic mass is 9.82. The van der Waals surface area contributed by atoms with Gasteiger partial charge in [0.25, 0.3) is 5.91 Å². The topological polar surface area (TPSA) is 78.0 Å². The highest BCUT2D eigenvalue weighted by molar-refractivity contribution is 6.03. The molecule has 1 aromatic heterocycles. The molecular formula is C21H22N2O5. The molecule has 1 amide bonds. The maximum atomic E-state index is 12.9. The molecule has 1 fully saturated rings. The van der Waals surface area contributed by atoms with E-state index in [1.54, 1.807) is 48.7 Å². The summed E-state index contributed by atoms with van der Waals surface area (Å²) in [5.41, 5.74) is 0.425. The van der Waals surface area contributed by atoms with Crippen LogP contribution in [-0.4, -0.2) is 54.5 Å². The first kappa shape index (κ1) is 18.3. The van der Waals surface area contributed by atoms with Gasteiger partial charge in [-0.05, 0) is 12.1 Å². The van der Waals surface area contributed by atoms with Gasteiger partial charge in [0, 0.05) is 50.5 Å². The maximum Gasteiger partial charge on any atom is 0.255 e. The Morgan fingerprint density at radius 1 is 1.21 bits per heavy atom. The molecule has 0 saturated carbocycles. The first-order valence-electron chi connectivity index (χ1n) is 9.23. The van der Waals surface area contributed by atoms with Crippen LogP contribution >= 0.6 is 0 Å². The third kappa shape index (κ3) is 3.17. The summed E-state index contributed by atoms with van der Waals surface area (Å²) < 4.78 is 17.0. The van der Waals surface area contributed by atoms with Gasteiger partial charge in [0.2, 0.25) is 0 Å². The number of aromatic nitrogens is 1. The highest BCUT2D eigenvalue weighted by Crippen LogP contribution is 2.44. The van der Waals surface area contributed by atoms with Crippen LogP contribution in [0.2, 0.25) is 0 Å². The molecule has 0 atom stereocenters. The normalized spacial score (nSPS) is 17.6. The Balaban J connectivity index is 1.54. The standard InChI is InChI=1S/C21H22N2O5/c1-26-15-10-17(27-2)19-16(24)12-21(28-18(19)11-15)5-8-23(9-6-21)20(25)14-4-3-7-22-13-14/h3-4,7,10-11,13H,5-6,8-9,12H2,1-2H3. The van der Waals surface area contributed by atoms with Gasteiger partial charge < -0.3 is 19.1 Å². The Bertz CT molecular complexity index is 905. The number of fused-ring (bicyclic) bond motifs is 1.